The zero-order valence-electron chi connectivity index (χ0n) is 13.9. The molecule has 0 radical (unpaired) electrons. The van der Waals surface area contributed by atoms with Gasteiger partial charge in [-0.3, -0.25) is 0 Å². The van der Waals surface area contributed by atoms with Crippen molar-refractivity contribution in [1.82, 2.24) is 11.5 Å². The van der Waals surface area contributed by atoms with Crippen LogP contribution in [0.25, 0.3) is 0 Å². The Bertz CT molecular complexity index is 122. The van der Waals surface area contributed by atoms with Crippen LogP contribution in [0, 0.1) is 0 Å². The van der Waals surface area contributed by atoms with Crippen molar-refractivity contribution < 1.29 is 0 Å². The molecule has 4 N–H and O–H groups in total. The average molecular weight is 331 g/mol. The Morgan fingerprint density at radius 1 is 0.500 bits per heavy atom. The minimum atomic E-state index is 0. The van der Waals surface area contributed by atoms with Crippen LogP contribution < -0.4 is 11.5 Å². The normalized spacial score (nSPS) is 9.30. The lowest BCUT2D eigenvalue weighted by atomic mass is 10.1. The molecule has 128 valence electrons. The molecule has 0 saturated carbocycles. The van der Waals surface area contributed by atoms with E-state index >= 15 is 0 Å². The number of hydrogen-bond acceptors (Lipinski definition) is 2. The molecule has 0 saturated heterocycles. The van der Waals surface area contributed by atoms with Crippen LogP contribution in [0.4, 0.5) is 0 Å². The maximum Gasteiger partial charge on any atom is -0.00489 e. The molecule has 0 aromatic heterocycles. The van der Waals surface area contributed by atoms with Crippen molar-refractivity contribution in [2.45, 2.75) is 90.9 Å². The van der Waals surface area contributed by atoms with Crippen LogP contribution in [0.3, 0.4) is 0 Å². The Morgan fingerprint density at radius 2 is 0.800 bits per heavy atom. The van der Waals surface area contributed by atoms with E-state index in [0.717, 1.165) is 0 Å². The molecule has 0 spiro atoms. The maximum atomic E-state index is 3.57. The molecule has 0 aromatic rings. The van der Waals surface area contributed by atoms with Crippen LogP contribution in [-0.2, 0) is 0 Å². The Morgan fingerprint density at radius 3 is 1.15 bits per heavy atom. The first-order valence-electron chi connectivity index (χ1n) is 8.12. The van der Waals surface area contributed by atoms with Crippen LogP contribution in [0.5, 0.6) is 0 Å². The van der Waals surface area contributed by atoms with Gasteiger partial charge in [0.15, 0.2) is 0 Å². The number of nitrogens with one attached hydrogen (secondary N) is 1. The molecule has 0 unspecified atom stereocenters. The summed E-state index contributed by atoms with van der Waals surface area (Å²) in [6.07, 6.45) is 16.9. The molecule has 0 atom stereocenters. The highest BCUT2D eigenvalue weighted by atomic mass is 35.5. The number of hydrogen-bond donors (Lipinski definition) is 2. The number of rotatable bonds is 14. The highest BCUT2D eigenvalue weighted by Gasteiger charge is 1.92. The zero-order valence-corrected chi connectivity index (χ0v) is 15.6. The molecule has 0 aromatic carbocycles. The summed E-state index contributed by atoms with van der Waals surface area (Å²) in [4.78, 5) is 0. The third-order valence-electron chi connectivity index (χ3n) is 3.41. The summed E-state index contributed by atoms with van der Waals surface area (Å²) in [6, 6.07) is 0. The second-order valence-electron chi connectivity index (χ2n) is 5.29. The number of unbranched alkanes of at least 4 members (excludes halogenated alkanes) is 10. The van der Waals surface area contributed by atoms with Crippen LogP contribution in [0.1, 0.15) is 90.9 Å². The summed E-state index contributed by atoms with van der Waals surface area (Å²) in [7, 11) is 0. The van der Waals surface area contributed by atoms with Crippen LogP contribution >= 0.6 is 24.8 Å². The molecule has 0 heterocycles. The molecule has 0 bridgehead atoms. The second-order valence-corrected chi connectivity index (χ2v) is 5.29. The zero-order chi connectivity index (χ0) is 12.6. The van der Waals surface area contributed by atoms with E-state index < -0.39 is 0 Å². The van der Waals surface area contributed by atoms with Gasteiger partial charge < -0.3 is 11.5 Å². The van der Waals surface area contributed by atoms with Gasteiger partial charge in [-0.05, 0) is 25.9 Å². The lowest BCUT2D eigenvalue weighted by Crippen LogP contribution is -2.16. The largest absolute Gasteiger partial charge is 0.344 e. The Labute approximate surface area is 140 Å². The average Bonchev–Trinajstić information content (AvgIpc) is 2.35. The van der Waals surface area contributed by atoms with Gasteiger partial charge in [0.25, 0.3) is 0 Å². The van der Waals surface area contributed by atoms with Gasteiger partial charge in [0.2, 0.25) is 0 Å². The lowest BCUT2D eigenvalue weighted by Gasteiger charge is -2.04. The Balaban J connectivity index is -0.000000427. The van der Waals surface area contributed by atoms with Crippen molar-refractivity contribution in [1.29, 1.82) is 0 Å². The van der Waals surface area contributed by atoms with E-state index in [1.54, 1.807) is 0 Å². The molecule has 0 fully saturated rings. The van der Waals surface area contributed by atoms with Gasteiger partial charge in [-0.25, -0.2) is 0 Å². The summed E-state index contributed by atoms with van der Waals surface area (Å²) in [6.45, 7) is 7.03. The van der Waals surface area contributed by atoms with E-state index in [4.69, 9.17) is 0 Å². The SMILES string of the molecule is CCCCCCCCNCCCCCCCC.Cl.Cl.N. The predicted molar refractivity (Wildman–Crippen MR) is 99.1 cm³/mol. The van der Waals surface area contributed by atoms with E-state index in [1.807, 2.05) is 0 Å². The van der Waals surface area contributed by atoms with Crippen molar-refractivity contribution in [3.05, 3.63) is 0 Å². The molecule has 2 nitrogen and oxygen atoms in total. The van der Waals surface area contributed by atoms with Crippen LogP contribution in [-0.4, -0.2) is 13.1 Å². The van der Waals surface area contributed by atoms with Crippen molar-refractivity contribution in [3.63, 3.8) is 0 Å². The molecule has 0 rings (SSSR count). The van der Waals surface area contributed by atoms with Gasteiger partial charge in [-0.15, -0.1) is 24.8 Å². The van der Waals surface area contributed by atoms with E-state index in [9.17, 15) is 0 Å². The third kappa shape index (κ3) is 26.9. The molecule has 0 aliphatic carbocycles. The summed E-state index contributed by atoms with van der Waals surface area (Å²) in [5.74, 6) is 0. The Hall–Kier alpha value is 0.500. The minimum Gasteiger partial charge on any atom is -0.344 e. The van der Waals surface area contributed by atoms with Crippen molar-refractivity contribution in [2.75, 3.05) is 13.1 Å². The molecular weight excluding hydrogens is 291 g/mol. The van der Waals surface area contributed by atoms with Gasteiger partial charge in [-0.2, -0.15) is 0 Å². The highest BCUT2D eigenvalue weighted by Crippen LogP contribution is 2.05. The van der Waals surface area contributed by atoms with Gasteiger partial charge in [-0.1, -0.05) is 78.1 Å². The summed E-state index contributed by atoms with van der Waals surface area (Å²) < 4.78 is 0. The summed E-state index contributed by atoms with van der Waals surface area (Å²) in [5.41, 5.74) is 0. The Kier molecular flexibility index (Phi) is 39.8. The maximum absolute atomic E-state index is 3.57. The first-order chi connectivity index (χ1) is 8.41. The molecule has 0 aliphatic rings. The molecule has 4 heteroatoms. The van der Waals surface area contributed by atoms with Crippen molar-refractivity contribution >= 4 is 24.8 Å². The van der Waals surface area contributed by atoms with E-state index in [-0.39, 0.29) is 31.0 Å². The first kappa shape index (κ1) is 28.6. The third-order valence-corrected chi connectivity index (χ3v) is 3.41. The van der Waals surface area contributed by atoms with Crippen LogP contribution in [0.2, 0.25) is 0 Å². The quantitative estimate of drug-likeness (QED) is 0.367. The fraction of sp³-hybridized carbons (Fsp3) is 1.00. The van der Waals surface area contributed by atoms with Gasteiger partial charge in [0.1, 0.15) is 0 Å². The lowest BCUT2D eigenvalue weighted by molar-refractivity contribution is 0.543. The van der Waals surface area contributed by atoms with Gasteiger partial charge >= 0.3 is 0 Å². The van der Waals surface area contributed by atoms with E-state index in [1.165, 1.54) is 90.1 Å². The summed E-state index contributed by atoms with van der Waals surface area (Å²) in [5, 5.41) is 3.57. The van der Waals surface area contributed by atoms with Gasteiger partial charge in [0.05, 0.1) is 0 Å². The monoisotopic (exact) mass is 330 g/mol. The second kappa shape index (κ2) is 27.8. The fourth-order valence-electron chi connectivity index (χ4n) is 2.19. The fourth-order valence-corrected chi connectivity index (χ4v) is 2.19. The topological polar surface area (TPSA) is 47.0 Å². The predicted octanol–water partition coefficient (Wildman–Crippen LogP) is 6.30. The molecule has 0 amide bonds. The molecular formula is C16H40Cl2N2. The van der Waals surface area contributed by atoms with E-state index in [2.05, 4.69) is 19.2 Å². The highest BCUT2D eigenvalue weighted by molar-refractivity contribution is 5.85. The van der Waals surface area contributed by atoms with Gasteiger partial charge in [0, 0.05) is 0 Å². The molecule has 0 aliphatic heterocycles. The van der Waals surface area contributed by atoms with E-state index in [0.29, 0.717) is 0 Å². The first-order valence-corrected chi connectivity index (χ1v) is 8.12. The van der Waals surface area contributed by atoms with Crippen LogP contribution in [0.15, 0.2) is 0 Å². The van der Waals surface area contributed by atoms with Crippen molar-refractivity contribution in [3.8, 4) is 0 Å². The van der Waals surface area contributed by atoms with Crippen molar-refractivity contribution in [2.24, 2.45) is 0 Å². The summed E-state index contributed by atoms with van der Waals surface area (Å²) >= 11 is 0. The minimum absolute atomic E-state index is 0. The molecule has 20 heavy (non-hydrogen) atoms. The standard InChI is InChI=1S/C16H35N.2ClH.H3N/c1-3-5-7-9-11-13-15-17-16-14-12-10-8-6-4-2;;;/h17H,3-16H2,1-2H3;2*1H;1H3. The smallest absolute Gasteiger partial charge is 0.00489 e. The number of halogens is 2.